The van der Waals surface area contributed by atoms with Gasteiger partial charge < -0.3 is 9.84 Å². The highest BCUT2D eigenvalue weighted by Crippen LogP contribution is 2.53. The second-order valence-electron chi connectivity index (χ2n) is 5.93. The molecule has 0 aromatic heterocycles. The Morgan fingerprint density at radius 2 is 2.30 bits per heavy atom. The first-order valence-corrected chi connectivity index (χ1v) is 7.81. The Balaban J connectivity index is 2.62. The van der Waals surface area contributed by atoms with E-state index < -0.39 is 84.6 Å². The zero-order valence-corrected chi connectivity index (χ0v) is 13.3. The van der Waals surface area contributed by atoms with Gasteiger partial charge in [0.1, 0.15) is 17.1 Å². The SMILES string of the molecule is [2H]C1=C(C)C([2H])([2H])C([2H])([2H])[C@]2([2H])[C@@H]1c1c(O)c([2H])c(CCCCC)c([2H])c1OC2(C([2H])([2H])[2H])C([2H])([2H])[2H]. The summed E-state index contributed by atoms with van der Waals surface area (Å²) in [6, 6.07) is -1.96. The Hall–Kier alpha value is -1.44. The van der Waals surface area contributed by atoms with E-state index in [-0.39, 0.29) is 12.0 Å². The number of fused-ring (bicyclic) bond motifs is 3. The fraction of sp³-hybridized carbons (Fsp3) is 0.619. The molecule has 1 aromatic carbocycles. The van der Waals surface area contributed by atoms with Crippen LogP contribution in [0.1, 0.15) is 95.8 Å². The van der Waals surface area contributed by atoms with E-state index >= 15 is 0 Å². The van der Waals surface area contributed by atoms with Gasteiger partial charge in [0, 0.05) is 32.5 Å². The number of allylic oxidation sites excluding steroid dienone is 2. The molecule has 2 heteroatoms. The minimum Gasteiger partial charge on any atom is -0.507 e. The van der Waals surface area contributed by atoms with Gasteiger partial charge >= 0.3 is 0 Å². The first kappa shape index (κ1) is 6.46. The van der Waals surface area contributed by atoms with Gasteiger partial charge in [-0.25, -0.2) is 0 Å². The molecule has 2 nitrogen and oxygen atoms in total. The average Bonchev–Trinajstić information content (AvgIpc) is 2.75. The minimum absolute atomic E-state index is 0.0476. The molecule has 23 heavy (non-hydrogen) atoms. The molecule has 0 saturated carbocycles. The van der Waals surface area contributed by atoms with E-state index in [4.69, 9.17) is 22.6 Å². The molecule has 1 heterocycles. The number of rotatable bonds is 4. The predicted octanol–water partition coefficient (Wildman–Crippen LogP) is 5.74. The smallest absolute Gasteiger partial charge is 0.127 e. The molecule has 3 rings (SSSR count). The van der Waals surface area contributed by atoms with Crippen LogP contribution in [-0.4, -0.2) is 10.7 Å². The van der Waals surface area contributed by atoms with Crippen LogP contribution in [0.25, 0.3) is 0 Å². The number of ether oxygens (including phenoxy) is 1. The molecule has 0 radical (unpaired) electrons. The van der Waals surface area contributed by atoms with Crippen LogP contribution in [0.5, 0.6) is 11.5 Å². The number of unbranched alkanes of at least 4 members (excludes halogenated alkanes) is 2. The third-order valence-corrected chi connectivity index (χ3v) is 4.02. The van der Waals surface area contributed by atoms with Gasteiger partial charge in [0.05, 0.1) is 4.11 Å². The number of phenols is 1. The van der Waals surface area contributed by atoms with Crippen LogP contribution in [0.4, 0.5) is 0 Å². The van der Waals surface area contributed by atoms with Crippen molar-refractivity contribution in [3.8, 4) is 11.5 Å². The number of hydrogen-bond donors (Lipinski definition) is 1. The third-order valence-electron chi connectivity index (χ3n) is 4.02. The number of aromatic hydroxyl groups is 1. The summed E-state index contributed by atoms with van der Waals surface area (Å²) >= 11 is 0. The summed E-state index contributed by atoms with van der Waals surface area (Å²) in [5, 5.41) is 11.1. The highest BCUT2D eigenvalue weighted by atomic mass is 16.5. The van der Waals surface area contributed by atoms with E-state index in [1.165, 1.54) is 0 Å². The monoisotopic (exact) mass is 328 g/mol. The van der Waals surface area contributed by atoms with E-state index in [0.717, 1.165) is 13.3 Å². The molecule has 1 N–H and O–H groups in total. The molecule has 0 fully saturated rings. The summed E-state index contributed by atoms with van der Waals surface area (Å²) in [5.74, 6) is -7.38. The van der Waals surface area contributed by atoms with Crippen LogP contribution in [-0.2, 0) is 6.42 Å². The second-order valence-corrected chi connectivity index (χ2v) is 5.93. The van der Waals surface area contributed by atoms with Gasteiger partial charge in [0.25, 0.3) is 0 Å². The first-order chi connectivity index (χ1) is 16.6. The van der Waals surface area contributed by atoms with Crippen molar-refractivity contribution in [3.05, 3.63) is 34.8 Å². The molecule has 1 aliphatic heterocycles. The van der Waals surface area contributed by atoms with Gasteiger partial charge in [-0.15, -0.1) is 0 Å². The Bertz CT molecular complexity index is 1120. The molecule has 0 unspecified atom stereocenters. The van der Waals surface area contributed by atoms with Crippen molar-refractivity contribution in [3.63, 3.8) is 0 Å². The third kappa shape index (κ3) is 3.13. The fourth-order valence-electron chi connectivity index (χ4n) is 2.85. The Kier molecular flexibility index (Phi) is 1.75. The van der Waals surface area contributed by atoms with Crippen LogP contribution >= 0.6 is 0 Å². The quantitative estimate of drug-likeness (QED) is 0.564. The molecule has 0 amide bonds. The van der Waals surface area contributed by atoms with Crippen LogP contribution in [0.3, 0.4) is 0 Å². The molecule has 0 saturated heterocycles. The van der Waals surface area contributed by atoms with E-state index in [1.807, 2.05) is 6.92 Å². The van der Waals surface area contributed by atoms with Crippen molar-refractivity contribution in [1.29, 1.82) is 0 Å². The zero-order chi connectivity index (χ0) is 28.7. The molecular formula is C21H30O2. The topological polar surface area (TPSA) is 29.5 Å². The Labute approximate surface area is 160 Å². The Morgan fingerprint density at radius 1 is 1.48 bits per heavy atom. The van der Waals surface area contributed by atoms with Gasteiger partial charge in [0.15, 0.2) is 0 Å². The van der Waals surface area contributed by atoms with Crippen LogP contribution in [0.15, 0.2) is 23.7 Å². The van der Waals surface area contributed by atoms with Gasteiger partial charge in [-0.05, 0) is 63.9 Å². The van der Waals surface area contributed by atoms with Crippen molar-refractivity contribution in [2.24, 2.45) is 5.89 Å². The summed E-state index contributed by atoms with van der Waals surface area (Å²) in [6.45, 7) is -4.57. The standard InChI is InChI=1S/C21H30O2/c1-5-6-7-8-15-12-18(22)20-16-11-14(2)9-10-17(16)21(3,4)23-19(20)13-15/h11-13,16-17,22H,5-10H2,1-4H3/t16-,17-/m1/s1/i3D3,4D3,9D2,10D2,11D,12D,13D,17D. The van der Waals surface area contributed by atoms with E-state index in [2.05, 4.69) is 0 Å². The molecule has 126 valence electrons. The van der Waals surface area contributed by atoms with Crippen molar-refractivity contribution < 1.29 is 29.0 Å². The van der Waals surface area contributed by atoms with Crippen LogP contribution in [0.2, 0.25) is 0 Å². The highest BCUT2D eigenvalue weighted by Gasteiger charge is 2.45. The largest absolute Gasteiger partial charge is 0.507 e. The lowest BCUT2D eigenvalue weighted by atomic mass is 9.68. The van der Waals surface area contributed by atoms with E-state index in [1.54, 1.807) is 0 Å². The van der Waals surface area contributed by atoms with E-state index in [9.17, 15) is 6.48 Å². The van der Waals surface area contributed by atoms with Gasteiger partial charge in [-0.1, -0.05) is 31.4 Å². The van der Waals surface area contributed by atoms with E-state index in [0.29, 0.717) is 12.8 Å². The molecule has 2 atom stereocenters. The maximum Gasteiger partial charge on any atom is 0.127 e. The lowest BCUT2D eigenvalue weighted by Gasteiger charge is -2.46. The highest BCUT2D eigenvalue weighted by molar-refractivity contribution is 5.53. The van der Waals surface area contributed by atoms with Crippen LogP contribution in [0, 0.1) is 5.89 Å². The molecule has 0 spiro atoms. The molecular weight excluding hydrogens is 284 g/mol. The van der Waals surface area contributed by atoms with Crippen molar-refractivity contribution >= 4 is 0 Å². The zero-order valence-electron chi connectivity index (χ0n) is 27.3. The van der Waals surface area contributed by atoms with Gasteiger partial charge in [-0.3, -0.25) is 0 Å². The lowest BCUT2D eigenvalue weighted by Crippen LogP contribution is -2.45. The maximum atomic E-state index is 11.1. The van der Waals surface area contributed by atoms with Crippen molar-refractivity contribution in [2.75, 3.05) is 0 Å². The number of hydrogen-bond acceptors (Lipinski definition) is 2. The molecule has 2 aliphatic rings. The molecule has 0 bridgehead atoms. The average molecular weight is 329 g/mol. The number of benzene rings is 1. The Morgan fingerprint density at radius 3 is 3.04 bits per heavy atom. The van der Waals surface area contributed by atoms with Crippen LogP contribution < -0.4 is 4.74 Å². The maximum absolute atomic E-state index is 11.1. The first-order valence-electron chi connectivity index (χ1n) is 14.8. The van der Waals surface area contributed by atoms with Gasteiger partial charge in [0.2, 0.25) is 0 Å². The molecule has 1 aliphatic carbocycles. The normalized spacial score (nSPS) is 43.1. The molecule has 1 aromatic rings. The summed E-state index contributed by atoms with van der Waals surface area (Å²) in [7, 11) is 0. The van der Waals surface area contributed by atoms with Crippen molar-refractivity contribution in [1.82, 2.24) is 0 Å². The summed E-state index contributed by atoms with van der Waals surface area (Å²) in [5.41, 5.74) is -4.96. The number of phenolic OH excluding ortho intramolecular Hbond substituents is 1. The van der Waals surface area contributed by atoms with Crippen molar-refractivity contribution in [2.45, 2.75) is 77.5 Å². The second kappa shape index (κ2) is 6.22. The minimum atomic E-state index is -3.78. The van der Waals surface area contributed by atoms with Gasteiger partial charge in [-0.2, -0.15) is 0 Å². The fourth-order valence-corrected chi connectivity index (χ4v) is 2.85. The summed E-state index contributed by atoms with van der Waals surface area (Å²) in [6.07, 6.45) is -4.66. The predicted molar refractivity (Wildman–Crippen MR) is 95.3 cm³/mol. The summed E-state index contributed by atoms with van der Waals surface area (Å²) < 4.78 is 124. The lowest BCUT2D eigenvalue weighted by molar-refractivity contribution is 0.0107. The summed E-state index contributed by atoms with van der Waals surface area (Å²) in [4.78, 5) is 0.